The molecule has 0 unspecified atom stereocenters. The predicted molar refractivity (Wildman–Crippen MR) is 72.9 cm³/mol. The van der Waals surface area contributed by atoms with Crippen LogP contribution in [0.3, 0.4) is 0 Å². The molecule has 0 saturated carbocycles. The number of halogens is 1. The zero-order valence-electron chi connectivity index (χ0n) is 9.58. The number of hydrogen-bond donors (Lipinski definition) is 1. The van der Waals surface area contributed by atoms with Crippen molar-refractivity contribution in [1.29, 1.82) is 0 Å². The first-order valence-electron chi connectivity index (χ1n) is 5.24. The van der Waals surface area contributed by atoms with Crippen LogP contribution in [0, 0.1) is 0 Å². The summed E-state index contributed by atoms with van der Waals surface area (Å²) in [4.78, 5) is 10.4. The molecule has 0 aliphatic heterocycles. The molecule has 0 saturated heterocycles. The normalized spacial score (nSPS) is 12.1. The fourth-order valence-electron chi connectivity index (χ4n) is 1.60. The Morgan fingerprint density at radius 3 is 2.42 bits per heavy atom. The van der Waals surface area contributed by atoms with Crippen molar-refractivity contribution >= 4 is 38.2 Å². The predicted octanol–water partition coefficient (Wildman–Crippen LogP) is 2.87. The van der Waals surface area contributed by atoms with Crippen LogP contribution in [0.2, 0.25) is 5.02 Å². The van der Waals surface area contributed by atoms with Crippen molar-refractivity contribution in [3.05, 3.63) is 52.9 Å². The summed E-state index contributed by atoms with van der Waals surface area (Å²) in [7, 11) is -3.75. The number of carboxylic acid groups (broad SMARTS) is 1. The van der Waals surface area contributed by atoms with Crippen LogP contribution in [0.4, 0.5) is 0 Å². The van der Waals surface area contributed by atoms with Gasteiger partial charge in [-0.05, 0) is 35.0 Å². The maximum Gasteiger partial charge on any atom is 0.329 e. The number of hydrogen-bond acceptors (Lipinski definition) is 3. The summed E-state index contributed by atoms with van der Waals surface area (Å²) >= 11 is 5.84. The lowest BCUT2D eigenvalue weighted by atomic mass is 10.1. The number of aliphatic carboxylic acids is 1. The zero-order chi connectivity index (χ0) is 14.0. The molecule has 98 valence electrons. The van der Waals surface area contributed by atoms with Gasteiger partial charge in [0.15, 0.2) is 9.84 Å². The number of fused-ring (bicyclic) bond motifs is 1. The second-order valence-corrected chi connectivity index (χ2v) is 6.11. The molecule has 2 aromatic carbocycles. The van der Waals surface area contributed by atoms with Gasteiger partial charge >= 0.3 is 5.97 Å². The maximum atomic E-state index is 11.9. The van der Waals surface area contributed by atoms with Gasteiger partial charge in [0.1, 0.15) is 0 Å². The highest BCUT2D eigenvalue weighted by atomic mass is 35.5. The van der Waals surface area contributed by atoms with Gasteiger partial charge < -0.3 is 5.11 Å². The zero-order valence-corrected chi connectivity index (χ0v) is 11.1. The highest BCUT2D eigenvalue weighted by molar-refractivity contribution is 7.94. The van der Waals surface area contributed by atoms with Crippen LogP contribution in [-0.2, 0) is 14.6 Å². The average molecular weight is 297 g/mol. The van der Waals surface area contributed by atoms with E-state index in [1.54, 1.807) is 24.3 Å². The molecule has 1 N–H and O–H groups in total. The van der Waals surface area contributed by atoms with Gasteiger partial charge in [-0.3, -0.25) is 0 Å². The van der Waals surface area contributed by atoms with Crippen LogP contribution in [0.25, 0.3) is 10.8 Å². The molecule has 6 heteroatoms. The average Bonchev–Trinajstić information content (AvgIpc) is 2.36. The Morgan fingerprint density at radius 1 is 1.11 bits per heavy atom. The molecule has 0 bridgehead atoms. The molecule has 0 atom stereocenters. The summed E-state index contributed by atoms with van der Waals surface area (Å²) in [5, 5.41) is 11.2. The van der Waals surface area contributed by atoms with Gasteiger partial charge in [0.25, 0.3) is 0 Å². The molecular weight excluding hydrogens is 288 g/mol. The smallest absolute Gasteiger partial charge is 0.329 e. The van der Waals surface area contributed by atoms with E-state index in [-0.39, 0.29) is 4.90 Å². The molecule has 2 aromatic rings. The Balaban J connectivity index is 2.52. The quantitative estimate of drug-likeness (QED) is 0.884. The fourth-order valence-corrected chi connectivity index (χ4v) is 2.78. The second-order valence-electron chi connectivity index (χ2n) is 3.84. The van der Waals surface area contributed by atoms with E-state index in [2.05, 4.69) is 0 Å². The van der Waals surface area contributed by atoms with Gasteiger partial charge in [-0.1, -0.05) is 23.7 Å². The fraction of sp³-hybridized carbons (Fsp3) is 0. The molecule has 0 fully saturated rings. The van der Waals surface area contributed by atoms with Gasteiger partial charge in [0, 0.05) is 16.5 Å². The first-order chi connectivity index (χ1) is 8.88. The van der Waals surface area contributed by atoms with Gasteiger partial charge in [-0.15, -0.1) is 0 Å². The van der Waals surface area contributed by atoms with Gasteiger partial charge in [-0.2, -0.15) is 0 Å². The summed E-state index contributed by atoms with van der Waals surface area (Å²) < 4.78 is 23.7. The van der Waals surface area contributed by atoms with Gasteiger partial charge in [0.2, 0.25) is 0 Å². The molecule has 19 heavy (non-hydrogen) atoms. The summed E-state index contributed by atoms with van der Waals surface area (Å²) in [5.74, 6) is -1.31. The summed E-state index contributed by atoms with van der Waals surface area (Å²) in [6.07, 6.45) is 0.599. The highest BCUT2D eigenvalue weighted by Crippen LogP contribution is 2.23. The molecule has 0 aliphatic rings. The van der Waals surface area contributed by atoms with Crippen molar-refractivity contribution in [3.63, 3.8) is 0 Å². The Kier molecular flexibility index (Phi) is 3.59. The standard InChI is InChI=1S/C13H9ClO4S/c14-11-3-1-10-8-12(4-2-9(10)7-11)19(17,18)6-5-13(15)16/h1-8H,(H,15,16)/b6-5+. The number of rotatable bonds is 3. The number of carboxylic acids is 1. The third-order valence-corrected chi connectivity index (χ3v) is 4.13. The Hall–Kier alpha value is -1.85. The van der Waals surface area contributed by atoms with Crippen LogP contribution in [0.5, 0.6) is 0 Å². The van der Waals surface area contributed by atoms with E-state index < -0.39 is 15.8 Å². The van der Waals surface area contributed by atoms with Crippen LogP contribution in [-0.4, -0.2) is 19.5 Å². The first kappa shape index (κ1) is 13.6. The van der Waals surface area contributed by atoms with Crippen LogP contribution < -0.4 is 0 Å². The molecule has 0 aliphatic carbocycles. The van der Waals surface area contributed by atoms with E-state index in [4.69, 9.17) is 16.7 Å². The van der Waals surface area contributed by atoms with Gasteiger partial charge in [-0.25, -0.2) is 13.2 Å². The molecule has 2 rings (SSSR count). The van der Waals surface area contributed by atoms with E-state index in [9.17, 15) is 13.2 Å². The Bertz CT molecular complexity index is 778. The first-order valence-corrected chi connectivity index (χ1v) is 7.16. The summed E-state index contributed by atoms with van der Waals surface area (Å²) in [6, 6.07) is 9.61. The van der Waals surface area contributed by atoms with Crippen LogP contribution in [0.15, 0.2) is 52.8 Å². The van der Waals surface area contributed by atoms with Gasteiger partial charge in [0.05, 0.1) is 4.90 Å². The topological polar surface area (TPSA) is 71.4 Å². The van der Waals surface area contributed by atoms with Crippen molar-refractivity contribution in [1.82, 2.24) is 0 Å². The Labute approximate surface area is 114 Å². The van der Waals surface area contributed by atoms with Crippen molar-refractivity contribution in [3.8, 4) is 0 Å². The lowest BCUT2D eigenvalue weighted by molar-refractivity contribution is -0.131. The minimum Gasteiger partial charge on any atom is -0.478 e. The van der Waals surface area contributed by atoms with Crippen molar-refractivity contribution < 1.29 is 18.3 Å². The maximum absolute atomic E-state index is 11.9. The molecular formula is C13H9ClO4S. The lowest BCUT2D eigenvalue weighted by Crippen LogP contribution is -1.98. The minimum atomic E-state index is -3.75. The number of carbonyl (C=O) groups is 1. The molecule has 0 aromatic heterocycles. The van der Waals surface area contributed by atoms with E-state index in [1.807, 2.05) is 0 Å². The van der Waals surface area contributed by atoms with Crippen molar-refractivity contribution in [2.24, 2.45) is 0 Å². The Morgan fingerprint density at radius 2 is 1.74 bits per heavy atom. The van der Waals surface area contributed by atoms with Crippen molar-refractivity contribution in [2.45, 2.75) is 4.90 Å². The molecule has 4 nitrogen and oxygen atoms in total. The molecule has 0 heterocycles. The van der Waals surface area contributed by atoms with E-state index in [0.717, 1.165) is 5.39 Å². The third kappa shape index (κ3) is 3.13. The molecule has 0 spiro atoms. The lowest BCUT2D eigenvalue weighted by Gasteiger charge is -2.02. The van der Waals surface area contributed by atoms with Crippen LogP contribution >= 0.6 is 11.6 Å². The number of benzene rings is 2. The largest absolute Gasteiger partial charge is 0.478 e. The second kappa shape index (κ2) is 5.03. The monoisotopic (exact) mass is 296 g/mol. The minimum absolute atomic E-state index is 0.0415. The molecule has 0 amide bonds. The summed E-state index contributed by atoms with van der Waals surface area (Å²) in [5.41, 5.74) is 0. The van der Waals surface area contributed by atoms with E-state index >= 15 is 0 Å². The SMILES string of the molecule is O=C(O)/C=C/S(=O)(=O)c1ccc2cc(Cl)ccc2c1. The van der Waals surface area contributed by atoms with Crippen molar-refractivity contribution in [2.75, 3.05) is 0 Å². The number of sulfone groups is 1. The van der Waals surface area contributed by atoms with E-state index in [0.29, 0.717) is 21.9 Å². The molecule has 0 radical (unpaired) electrons. The van der Waals surface area contributed by atoms with E-state index in [1.165, 1.54) is 12.1 Å². The third-order valence-electron chi connectivity index (χ3n) is 2.49. The summed E-state index contributed by atoms with van der Waals surface area (Å²) in [6.45, 7) is 0. The van der Waals surface area contributed by atoms with Crippen LogP contribution in [0.1, 0.15) is 0 Å². The highest BCUT2D eigenvalue weighted by Gasteiger charge is 2.11.